The summed E-state index contributed by atoms with van der Waals surface area (Å²) >= 11 is 0. The average molecular weight is 288 g/mol. The molecule has 3 heterocycles. The van der Waals surface area contributed by atoms with Crippen LogP contribution in [0.3, 0.4) is 0 Å². The van der Waals surface area contributed by atoms with Crippen LogP contribution >= 0.6 is 0 Å². The van der Waals surface area contributed by atoms with Gasteiger partial charge in [-0.05, 0) is 6.42 Å². The molecule has 3 aromatic heterocycles. The Morgan fingerprint density at radius 3 is 3.19 bits per heavy atom. The summed E-state index contributed by atoms with van der Waals surface area (Å²) < 4.78 is 12.4. The summed E-state index contributed by atoms with van der Waals surface area (Å²) in [5.74, 6) is 0.795. The Bertz CT molecular complexity index is 722. The van der Waals surface area contributed by atoms with Gasteiger partial charge in [0.15, 0.2) is 5.82 Å². The van der Waals surface area contributed by atoms with E-state index >= 15 is 0 Å². The van der Waals surface area contributed by atoms with Crippen LogP contribution in [0.5, 0.6) is 0 Å². The maximum absolute atomic E-state index is 5.97. The first-order valence-electron chi connectivity index (χ1n) is 6.74. The van der Waals surface area contributed by atoms with Gasteiger partial charge in [-0.15, -0.1) is 0 Å². The lowest BCUT2D eigenvalue weighted by atomic mass is 10.3. The molecule has 2 N–H and O–H groups in total. The molecule has 0 aromatic carbocycles. The van der Waals surface area contributed by atoms with Crippen molar-refractivity contribution in [2.75, 3.05) is 13.2 Å². The summed E-state index contributed by atoms with van der Waals surface area (Å²) in [4.78, 5) is 8.39. The molecule has 21 heavy (non-hydrogen) atoms. The Morgan fingerprint density at radius 1 is 1.43 bits per heavy atom. The molecule has 0 aliphatic carbocycles. The van der Waals surface area contributed by atoms with Gasteiger partial charge < -0.3 is 15.0 Å². The van der Waals surface area contributed by atoms with Crippen molar-refractivity contribution in [1.29, 1.82) is 0 Å². The maximum Gasteiger partial charge on any atom is 0.261 e. The van der Waals surface area contributed by atoms with E-state index in [0.717, 1.165) is 17.5 Å². The van der Waals surface area contributed by atoms with Crippen LogP contribution in [0.2, 0.25) is 0 Å². The molecule has 0 saturated heterocycles. The van der Waals surface area contributed by atoms with Crippen molar-refractivity contribution in [2.45, 2.75) is 19.4 Å². The fraction of sp³-hybridized carbons (Fsp3) is 0.385. The number of hydrogen-bond donors (Lipinski definition) is 1. The van der Waals surface area contributed by atoms with Crippen LogP contribution in [0.4, 0.5) is 0 Å². The van der Waals surface area contributed by atoms with Crippen LogP contribution in [0.15, 0.2) is 29.3 Å². The summed E-state index contributed by atoms with van der Waals surface area (Å²) in [6, 6.07) is -0.408. The van der Waals surface area contributed by atoms with Crippen LogP contribution in [-0.2, 0) is 4.74 Å². The molecule has 8 heteroatoms. The quantitative estimate of drug-likeness (QED) is 0.679. The molecule has 0 aliphatic heterocycles. The second-order valence-corrected chi connectivity index (χ2v) is 4.60. The van der Waals surface area contributed by atoms with Crippen molar-refractivity contribution in [1.82, 2.24) is 24.7 Å². The molecule has 3 rings (SSSR count). The summed E-state index contributed by atoms with van der Waals surface area (Å²) in [6.45, 7) is 3.07. The number of rotatable bonds is 6. The average Bonchev–Trinajstić information content (AvgIpc) is 3.13. The van der Waals surface area contributed by atoms with E-state index in [9.17, 15) is 0 Å². The first kappa shape index (κ1) is 13.7. The van der Waals surface area contributed by atoms with Crippen molar-refractivity contribution in [3.05, 3.63) is 30.6 Å². The molecule has 0 bridgehead atoms. The lowest BCUT2D eigenvalue weighted by Crippen LogP contribution is -2.18. The van der Waals surface area contributed by atoms with Crippen molar-refractivity contribution >= 4 is 5.52 Å². The third-order valence-electron chi connectivity index (χ3n) is 2.97. The van der Waals surface area contributed by atoms with E-state index in [0.29, 0.717) is 24.9 Å². The normalized spacial score (nSPS) is 12.9. The van der Waals surface area contributed by atoms with Gasteiger partial charge in [0, 0.05) is 19.0 Å². The number of hydrogen-bond acceptors (Lipinski definition) is 7. The van der Waals surface area contributed by atoms with Gasteiger partial charge in [0.2, 0.25) is 0 Å². The molecule has 0 saturated carbocycles. The summed E-state index contributed by atoms with van der Waals surface area (Å²) in [6.07, 6.45) is 7.70. The van der Waals surface area contributed by atoms with Crippen LogP contribution in [0.1, 0.15) is 25.2 Å². The SMILES string of the molecule is CCCOCC(N)c1noc(-c2cnn3ccncc23)n1. The predicted molar refractivity (Wildman–Crippen MR) is 74.3 cm³/mol. The molecular formula is C13H16N6O2. The van der Waals surface area contributed by atoms with Crippen LogP contribution < -0.4 is 5.73 Å². The zero-order valence-corrected chi connectivity index (χ0v) is 11.6. The minimum absolute atomic E-state index is 0.364. The van der Waals surface area contributed by atoms with Crippen LogP contribution in [-0.4, -0.2) is 38.0 Å². The van der Waals surface area contributed by atoms with Gasteiger partial charge in [0.05, 0.1) is 36.1 Å². The number of aromatic nitrogens is 5. The van der Waals surface area contributed by atoms with Crippen LogP contribution in [0, 0.1) is 0 Å². The smallest absolute Gasteiger partial charge is 0.261 e. The molecule has 110 valence electrons. The monoisotopic (exact) mass is 288 g/mol. The molecule has 1 unspecified atom stereocenters. The molecule has 0 aliphatic rings. The van der Waals surface area contributed by atoms with Gasteiger partial charge in [-0.25, -0.2) is 4.52 Å². The second kappa shape index (κ2) is 5.98. The summed E-state index contributed by atoms with van der Waals surface area (Å²) in [5.41, 5.74) is 7.49. The predicted octanol–water partition coefficient (Wildman–Crippen LogP) is 1.21. The molecule has 3 aromatic rings. The molecule has 1 atom stereocenters. The van der Waals surface area contributed by atoms with Crippen molar-refractivity contribution in [2.24, 2.45) is 5.73 Å². The highest BCUT2D eigenvalue weighted by molar-refractivity contribution is 5.73. The van der Waals surface area contributed by atoms with E-state index in [1.807, 2.05) is 6.92 Å². The van der Waals surface area contributed by atoms with E-state index in [2.05, 4.69) is 20.2 Å². The number of nitrogens with two attached hydrogens (primary N) is 1. The van der Waals surface area contributed by atoms with Crippen molar-refractivity contribution in [3.8, 4) is 11.5 Å². The molecule has 8 nitrogen and oxygen atoms in total. The Balaban J connectivity index is 1.81. The second-order valence-electron chi connectivity index (χ2n) is 4.60. The highest BCUT2D eigenvalue weighted by atomic mass is 16.5. The zero-order chi connectivity index (χ0) is 14.7. The fourth-order valence-corrected chi connectivity index (χ4v) is 1.92. The largest absolute Gasteiger partial charge is 0.379 e. The minimum atomic E-state index is -0.408. The summed E-state index contributed by atoms with van der Waals surface area (Å²) in [5, 5.41) is 8.11. The Labute approximate surface area is 120 Å². The van der Waals surface area contributed by atoms with Gasteiger partial charge in [-0.3, -0.25) is 4.98 Å². The number of ether oxygens (including phenoxy) is 1. The topological polar surface area (TPSA) is 104 Å². The van der Waals surface area contributed by atoms with E-state index < -0.39 is 6.04 Å². The van der Waals surface area contributed by atoms with Gasteiger partial charge in [0.25, 0.3) is 5.89 Å². The van der Waals surface area contributed by atoms with E-state index in [-0.39, 0.29) is 0 Å². The van der Waals surface area contributed by atoms with Crippen LogP contribution in [0.25, 0.3) is 17.0 Å². The molecule has 0 fully saturated rings. The summed E-state index contributed by atoms with van der Waals surface area (Å²) in [7, 11) is 0. The van der Waals surface area contributed by atoms with E-state index in [1.165, 1.54) is 0 Å². The highest BCUT2D eigenvalue weighted by Gasteiger charge is 2.18. The first-order chi connectivity index (χ1) is 10.3. The van der Waals surface area contributed by atoms with Crippen molar-refractivity contribution < 1.29 is 9.26 Å². The molecule has 0 amide bonds. The Kier molecular flexibility index (Phi) is 3.89. The number of nitrogens with zero attached hydrogens (tertiary/aromatic N) is 5. The molecule has 0 spiro atoms. The third-order valence-corrected chi connectivity index (χ3v) is 2.97. The van der Waals surface area contributed by atoms with E-state index in [1.54, 1.807) is 29.3 Å². The van der Waals surface area contributed by atoms with Gasteiger partial charge in [0.1, 0.15) is 0 Å². The maximum atomic E-state index is 5.97. The van der Waals surface area contributed by atoms with Gasteiger partial charge >= 0.3 is 0 Å². The lowest BCUT2D eigenvalue weighted by Gasteiger charge is -2.06. The Hall–Kier alpha value is -2.32. The number of fused-ring (bicyclic) bond motifs is 1. The highest BCUT2D eigenvalue weighted by Crippen LogP contribution is 2.23. The zero-order valence-electron chi connectivity index (χ0n) is 11.6. The van der Waals surface area contributed by atoms with Crippen molar-refractivity contribution in [3.63, 3.8) is 0 Å². The fourth-order valence-electron chi connectivity index (χ4n) is 1.92. The van der Waals surface area contributed by atoms with E-state index in [4.69, 9.17) is 15.0 Å². The standard InChI is InChI=1S/C13H16N6O2/c1-2-5-20-8-10(14)12-17-13(21-18-12)9-6-16-19-4-3-15-7-11(9)19/h3-4,6-7,10H,2,5,8,14H2,1H3. The van der Waals surface area contributed by atoms with Gasteiger partial charge in [-0.1, -0.05) is 12.1 Å². The van der Waals surface area contributed by atoms with Gasteiger partial charge in [-0.2, -0.15) is 10.1 Å². The Morgan fingerprint density at radius 2 is 2.33 bits per heavy atom. The minimum Gasteiger partial charge on any atom is -0.379 e. The molecular weight excluding hydrogens is 272 g/mol. The first-order valence-corrected chi connectivity index (χ1v) is 6.74. The lowest BCUT2D eigenvalue weighted by molar-refractivity contribution is 0.119. The third kappa shape index (κ3) is 2.76. The molecule has 0 radical (unpaired) electrons.